The topological polar surface area (TPSA) is 114 Å². The van der Waals surface area contributed by atoms with Crippen LogP contribution < -0.4 is 4.74 Å². The smallest absolute Gasteiger partial charge is 0.312 e. The summed E-state index contributed by atoms with van der Waals surface area (Å²) in [5.74, 6) is 0.295. The predicted molar refractivity (Wildman–Crippen MR) is 102 cm³/mol. The number of sulfonamides is 1. The van der Waals surface area contributed by atoms with Crippen LogP contribution in [0.2, 0.25) is 0 Å². The number of hydrogen-bond acceptors (Lipinski definition) is 6. The van der Waals surface area contributed by atoms with E-state index in [1.54, 1.807) is 25.1 Å². The first-order valence-corrected chi connectivity index (χ1v) is 10.2. The van der Waals surface area contributed by atoms with Gasteiger partial charge in [0.1, 0.15) is 5.75 Å². The van der Waals surface area contributed by atoms with Crippen molar-refractivity contribution in [1.82, 2.24) is 4.31 Å². The number of nitriles is 1. The molecule has 0 saturated carbocycles. The van der Waals surface area contributed by atoms with E-state index in [1.165, 1.54) is 16.4 Å². The minimum absolute atomic E-state index is 0.0598. The van der Waals surface area contributed by atoms with Crippen LogP contribution in [0.4, 0.5) is 5.69 Å². The lowest BCUT2D eigenvalue weighted by atomic mass is 10.1. The lowest BCUT2D eigenvalue weighted by Gasteiger charge is -2.25. The molecule has 1 aliphatic heterocycles. The Labute approximate surface area is 163 Å². The Bertz CT molecular complexity index is 1050. The van der Waals surface area contributed by atoms with Crippen molar-refractivity contribution in [2.45, 2.75) is 31.1 Å². The summed E-state index contributed by atoms with van der Waals surface area (Å²) >= 11 is 0. The van der Waals surface area contributed by atoms with E-state index in [0.717, 1.165) is 25.3 Å². The predicted octanol–water partition coefficient (Wildman–Crippen LogP) is 3.74. The molecule has 0 unspecified atom stereocenters. The van der Waals surface area contributed by atoms with Gasteiger partial charge in [0.05, 0.1) is 21.5 Å². The van der Waals surface area contributed by atoms with Crippen LogP contribution in [0.1, 0.15) is 30.4 Å². The van der Waals surface area contributed by atoms with Gasteiger partial charge in [0, 0.05) is 19.2 Å². The fourth-order valence-corrected chi connectivity index (χ4v) is 4.63. The molecule has 0 spiro atoms. The van der Waals surface area contributed by atoms with Gasteiger partial charge >= 0.3 is 5.69 Å². The average Bonchev–Trinajstić information content (AvgIpc) is 2.70. The molecule has 28 heavy (non-hydrogen) atoms. The molecule has 0 N–H and O–H groups in total. The third-order valence-corrected chi connectivity index (χ3v) is 6.50. The molecule has 2 aromatic carbocycles. The first-order chi connectivity index (χ1) is 13.3. The van der Waals surface area contributed by atoms with Crippen molar-refractivity contribution >= 4 is 15.7 Å². The van der Waals surface area contributed by atoms with Gasteiger partial charge in [0.2, 0.25) is 15.8 Å². The third-order valence-electron chi connectivity index (χ3n) is 4.60. The highest BCUT2D eigenvalue weighted by atomic mass is 32.2. The van der Waals surface area contributed by atoms with Crippen LogP contribution in [0.5, 0.6) is 11.5 Å². The summed E-state index contributed by atoms with van der Waals surface area (Å²) in [4.78, 5) is 10.7. The van der Waals surface area contributed by atoms with Crippen molar-refractivity contribution in [2.75, 3.05) is 13.1 Å². The summed E-state index contributed by atoms with van der Waals surface area (Å²) in [7, 11) is -3.79. The first-order valence-electron chi connectivity index (χ1n) is 8.80. The summed E-state index contributed by atoms with van der Waals surface area (Å²) in [5, 5.41) is 20.5. The van der Waals surface area contributed by atoms with Gasteiger partial charge in [0.25, 0.3) is 0 Å². The van der Waals surface area contributed by atoms with Crippen molar-refractivity contribution in [3.63, 3.8) is 0 Å². The van der Waals surface area contributed by atoms with Crippen molar-refractivity contribution in [3.05, 3.63) is 57.6 Å². The quantitative estimate of drug-likeness (QED) is 0.557. The number of benzene rings is 2. The molecule has 0 radical (unpaired) electrons. The number of nitro benzene ring substituents is 1. The Morgan fingerprint density at radius 1 is 1.11 bits per heavy atom. The molecule has 3 rings (SSSR count). The second-order valence-corrected chi connectivity index (χ2v) is 8.48. The van der Waals surface area contributed by atoms with Gasteiger partial charge in [-0.25, -0.2) is 8.42 Å². The fourth-order valence-electron chi connectivity index (χ4n) is 3.09. The van der Waals surface area contributed by atoms with Gasteiger partial charge in [-0.3, -0.25) is 10.1 Å². The molecule has 1 aliphatic rings. The molecule has 2 aromatic rings. The second kappa shape index (κ2) is 7.96. The Hall–Kier alpha value is -2.96. The highest BCUT2D eigenvalue weighted by Crippen LogP contribution is 2.35. The summed E-state index contributed by atoms with van der Waals surface area (Å²) in [5.41, 5.74) is 0.655. The van der Waals surface area contributed by atoms with E-state index in [4.69, 9.17) is 10.00 Å². The number of ether oxygens (including phenoxy) is 1. The Morgan fingerprint density at radius 3 is 2.39 bits per heavy atom. The molecule has 0 bridgehead atoms. The minimum atomic E-state index is -3.79. The van der Waals surface area contributed by atoms with Crippen molar-refractivity contribution in [2.24, 2.45) is 0 Å². The number of nitro groups is 1. The van der Waals surface area contributed by atoms with E-state index in [0.29, 0.717) is 30.0 Å². The highest BCUT2D eigenvalue weighted by Gasteiger charge is 2.29. The summed E-state index contributed by atoms with van der Waals surface area (Å²) < 4.78 is 32.6. The number of piperidine rings is 1. The van der Waals surface area contributed by atoms with Gasteiger partial charge in [-0.15, -0.1) is 0 Å². The van der Waals surface area contributed by atoms with Crippen LogP contribution in [0.15, 0.2) is 41.3 Å². The maximum atomic E-state index is 12.8. The van der Waals surface area contributed by atoms with E-state index < -0.39 is 20.6 Å². The molecule has 1 heterocycles. The number of aryl methyl sites for hydroxylation is 1. The standard InChI is InChI=1S/C19H19N3O5S/c1-14-11-15(13-20)5-7-18(14)27-19-8-6-16(12-17(19)22(23)24)28(25,26)21-9-3-2-4-10-21/h5-8,11-12H,2-4,9-10H2,1H3. The third kappa shape index (κ3) is 3.98. The van der Waals surface area contributed by atoms with E-state index in [2.05, 4.69) is 0 Å². The monoisotopic (exact) mass is 401 g/mol. The average molecular weight is 401 g/mol. The van der Waals surface area contributed by atoms with Gasteiger partial charge < -0.3 is 4.74 Å². The van der Waals surface area contributed by atoms with Gasteiger partial charge in [-0.2, -0.15) is 9.57 Å². The van der Waals surface area contributed by atoms with Crippen molar-refractivity contribution in [1.29, 1.82) is 5.26 Å². The Kier molecular flexibility index (Phi) is 5.63. The molecule has 1 saturated heterocycles. The minimum Gasteiger partial charge on any atom is -0.450 e. The maximum Gasteiger partial charge on any atom is 0.312 e. The molecule has 0 aromatic heterocycles. The van der Waals surface area contributed by atoms with Crippen LogP contribution in [0.25, 0.3) is 0 Å². The van der Waals surface area contributed by atoms with E-state index in [9.17, 15) is 18.5 Å². The molecular formula is C19H19N3O5S. The largest absolute Gasteiger partial charge is 0.450 e. The normalized spacial score (nSPS) is 15.0. The second-order valence-electron chi connectivity index (χ2n) is 6.55. The molecular weight excluding hydrogens is 382 g/mol. The highest BCUT2D eigenvalue weighted by molar-refractivity contribution is 7.89. The molecule has 8 nitrogen and oxygen atoms in total. The van der Waals surface area contributed by atoms with Crippen LogP contribution in [0, 0.1) is 28.4 Å². The van der Waals surface area contributed by atoms with Gasteiger partial charge in [0.15, 0.2) is 0 Å². The Balaban J connectivity index is 1.96. The lowest BCUT2D eigenvalue weighted by molar-refractivity contribution is -0.385. The summed E-state index contributed by atoms with van der Waals surface area (Å²) in [6, 6.07) is 10.4. The molecule has 0 aliphatic carbocycles. The Morgan fingerprint density at radius 2 is 1.79 bits per heavy atom. The van der Waals surface area contributed by atoms with Crippen molar-refractivity contribution < 1.29 is 18.1 Å². The maximum absolute atomic E-state index is 12.8. The van der Waals surface area contributed by atoms with E-state index >= 15 is 0 Å². The molecule has 9 heteroatoms. The number of nitrogens with zero attached hydrogens (tertiary/aromatic N) is 3. The summed E-state index contributed by atoms with van der Waals surface area (Å²) in [6.45, 7) is 2.55. The van der Waals surface area contributed by atoms with Crippen LogP contribution >= 0.6 is 0 Å². The van der Waals surface area contributed by atoms with Gasteiger partial charge in [-0.05, 0) is 55.7 Å². The van der Waals surface area contributed by atoms with Crippen molar-refractivity contribution in [3.8, 4) is 17.6 Å². The molecule has 0 amide bonds. The molecule has 146 valence electrons. The first kappa shape index (κ1) is 19.8. The lowest BCUT2D eigenvalue weighted by Crippen LogP contribution is -2.35. The van der Waals surface area contributed by atoms with Crippen LogP contribution in [-0.4, -0.2) is 30.7 Å². The van der Waals surface area contributed by atoms with Gasteiger partial charge in [-0.1, -0.05) is 6.42 Å². The zero-order valence-corrected chi connectivity index (χ0v) is 16.1. The number of rotatable bonds is 5. The number of hydrogen-bond donors (Lipinski definition) is 0. The zero-order valence-electron chi connectivity index (χ0n) is 15.3. The molecule has 0 atom stereocenters. The van der Waals surface area contributed by atoms with E-state index in [1.807, 2.05) is 6.07 Å². The zero-order chi connectivity index (χ0) is 20.3. The fraction of sp³-hybridized carbons (Fsp3) is 0.316. The summed E-state index contributed by atoms with van der Waals surface area (Å²) in [6.07, 6.45) is 2.53. The SMILES string of the molecule is Cc1cc(C#N)ccc1Oc1ccc(S(=O)(=O)N2CCCCC2)cc1[N+](=O)[O-]. The molecule has 1 fully saturated rings. The van der Waals surface area contributed by atoms with Crippen LogP contribution in [-0.2, 0) is 10.0 Å². The van der Waals surface area contributed by atoms with E-state index in [-0.39, 0.29) is 10.6 Å². The van der Waals surface area contributed by atoms with Crippen LogP contribution in [0.3, 0.4) is 0 Å².